The lowest BCUT2D eigenvalue weighted by atomic mass is 10.1. The minimum Gasteiger partial charge on any atom is -0.370 e. The van der Waals surface area contributed by atoms with Crippen LogP contribution in [0.15, 0.2) is 23.4 Å². The normalized spacial score (nSPS) is 13.9. The van der Waals surface area contributed by atoms with Crippen molar-refractivity contribution in [3.63, 3.8) is 0 Å². The summed E-state index contributed by atoms with van der Waals surface area (Å²) in [5.41, 5.74) is 4.77. The van der Waals surface area contributed by atoms with Crippen molar-refractivity contribution in [2.45, 2.75) is 44.7 Å². The van der Waals surface area contributed by atoms with Gasteiger partial charge in [-0.05, 0) is 63.1 Å². The van der Waals surface area contributed by atoms with E-state index < -0.39 is 0 Å². The van der Waals surface area contributed by atoms with Gasteiger partial charge in [0.15, 0.2) is 5.16 Å². The first-order valence-electron chi connectivity index (χ1n) is 9.20. The molecule has 0 bridgehead atoms. The fourth-order valence-electron chi connectivity index (χ4n) is 3.46. The molecule has 5 nitrogen and oxygen atoms in total. The van der Waals surface area contributed by atoms with E-state index in [1.165, 1.54) is 24.6 Å². The molecule has 0 unspecified atom stereocenters. The number of benzene rings is 1. The van der Waals surface area contributed by atoms with Gasteiger partial charge in [0.1, 0.15) is 0 Å². The summed E-state index contributed by atoms with van der Waals surface area (Å²) in [6, 6.07) is 5.70. The number of carbonyl (C=O) groups is 1. The average Bonchev–Trinajstić information content (AvgIpc) is 3.15. The second-order valence-corrected chi connectivity index (χ2v) is 7.97. The van der Waals surface area contributed by atoms with E-state index >= 15 is 0 Å². The molecule has 0 atom stereocenters. The first-order valence-corrected chi connectivity index (χ1v) is 10.8. The Morgan fingerprint density at radius 1 is 1.22 bits per heavy atom. The van der Waals surface area contributed by atoms with Crippen molar-refractivity contribution in [2.75, 3.05) is 29.6 Å². The summed E-state index contributed by atoms with van der Waals surface area (Å²) in [5, 5.41) is 4.45. The van der Waals surface area contributed by atoms with Gasteiger partial charge in [-0.2, -0.15) is 0 Å². The number of rotatable bonds is 6. The van der Waals surface area contributed by atoms with E-state index in [4.69, 9.17) is 11.6 Å². The number of thioether (sulfide) groups is 1. The third-order valence-corrected chi connectivity index (χ3v) is 5.65. The molecule has 1 saturated heterocycles. The Bertz CT molecular complexity index is 814. The van der Waals surface area contributed by atoms with Crippen LogP contribution in [0.5, 0.6) is 0 Å². The van der Waals surface area contributed by atoms with Crippen LogP contribution in [0.3, 0.4) is 0 Å². The fourth-order valence-corrected chi connectivity index (χ4v) is 4.08. The van der Waals surface area contributed by atoms with Crippen molar-refractivity contribution < 1.29 is 4.79 Å². The Balaban J connectivity index is 1.69. The average molecular weight is 405 g/mol. The van der Waals surface area contributed by atoms with Crippen LogP contribution in [0.25, 0.3) is 0 Å². The van der Waals surface area contributed by atoms with Gasteiger partial charge >= 0.3 is 0 Å². The summed E-state index contributed by atoms with van der Waals surface area (Å²) in [6.45, 7) is 5.98. The summed E-state index contributed by atoms with van der Waals surface area (Å²) in [7, 11) is 0. The van der Waals surface area contributed by atoms with Crippen LogP contribution in [0.1, 0.15) is 36.2 Å². The van der Waals surface area contributed by atoms with E-state index in [9.17, 15) is 4.79 Å². The maximum Gasteiger partial charge on any atom is 0.224 e. The third kappa shape index (κ3) is 4.93. The minimum absolute atomic E-state index is 0.0227. The maximum atomic E-state index is 12.6. The molecule has 0 spiro atoms. The Hall–Kier alpha value is -1.79. The number of hydrogen-bond acceptors (Lipinski definition) is 5. The molecule has 3 rings (SSSR count). The number of hydrogen-bond donors (Lipinski definition) is 1. The van der Waals surface area contributed by atoms with Crippen LogP contribution < -0.4 is 10.2 Å². The van der Waals surface area contributed by atoms with E-state index in [1.54, 1.807) is 0 Å². The van der Waals surface area contributed by atoms with Gasteiger partial charge in [0, 0.05) is 35.9 Å². The summed E-state index contributed by atoms with van der Waals surface area (Å²) in [6.07, 6.45) is 5.33. The molecule has 2 heterocycles. The number of anilines is 2. The van der Waals surface area contributed by atoms with Gasteiger partial charge < -0.3 is 10.2 Å². The molecular weight excluding hydrogens is 380 g/mol. The number of halogens is 1. The molecule has 1 aromatic carbocycles. The Morgan fingerprint density at radius 2 is 1.89 bits per heavy atom. The highest BCUT2D eigenvalue weighted by Gasteiger charge is 2.18. The third-order valence-electron chi connectivity index (χ3n) is 4.86. The van der Waals surface area contributed by atoms with Gasteiger partial charge in [0.05, 0.1) is 11.4 Å². The van der Waals surface area contributed by atoms with Crippen molar-refractivity contribution in [3.05, 3.63) is 40.2 Å². The molecule has 7 heteroatoms. The molecular formula is C20H25ClN4OS. The largest absolute Gasteiger partial charge is 0.370 e. The molecule has 2 aromatic rings. The van der Waals surface area contributed by atoms with Gasteiger partial charge in [0.25, 0.3) is 0 Å². The monoisotopic (exact) mass is 404 g/mol. The molecule has 0 radical (unpaired) electrons. The topological polar surface area (TPSA) is 58.1 Å². The van der Waals surface area contributed by atoms with Crippen molar-refractivity contribution in [1.82, 2.24) is 9.97 Å². The second kappa shape index (κ2) is 8.93. The molecule has 1 aromatic heterocycles. The van der Waals surface area contributed by atoms with E-state index in [0.29, 0.717) is 17.9 Å². The number of aromatic nitrogens is 2. The number of carbonyl (C=O) groups excluding carboxylic acids is 1. The van der Waals surface area contributed by atoms with Crippen LogP contribution >= 0.6 is 23.4 Å². The lowest BCUT2D eigenvalue weighted by molar-refractivity contribution is -0.116. The molecule has 144 valence electrons. The predicted octanol–water partition coefficient (Wildman–Crippen LogP) is 4.64. The second-order valence-electron chi connectivity index (χ2n) is 6.76. The van der Waals surface area contributed by atoms with Gasteiger partial charge in [-0.1, -0.05) is 23.4 Å². The molecule has 1 aliphatic rings. The molecule has 0 saturated carbocycles. The van der Waals surface area contributed by atoms with E-state index in [0.717, 1.165) is 46.6 Å². The first kappa shape index (κ1) is 20.0. The highest BCUT2D eigenvalue weighted by Crippen LogP contribution is 2.31. The lowest BCUT2D eigenvalue weighted by Gasteiger charge is -2.22. The molecule has 27 heavy (non-hydrogen) atoms. The molecule has 1 aliphatic heterocycles. The minimum atomic E-state index is -0.0227. The smallest absolute Gasteiger partial charge is 0.224 e. The van der Waals surface area contributed by atoms with E-state index in [1.807, 2.05) is 38.3 Å². The van der Waals surface area contributed by atoms with Crippen LogP contribution in [-0.4, -0.2) is 35.2 Å². The van der Waals surface area contributed by atoms with E-state index in [-0.39, 0.29) is 5.91 Å². The van der Waals surface area contributed by atoms with Gasteiger partial charge in [0.2, 0.25) is 5.91 Å². The SMILES string of the molecule is CSc1nc(C)c(CCC(=O)Nc2cc(Cl)ccc2N2CCCC2)c(C)n1. The van der Waals surface area contributed by atoms with Gasteiger partial charge in [-0.15, -0.1) is 0 Å². The lowest BCUT2D eigenvalue weighted by Crippen LogP contribution is -2.21. The number of aryl methyl sites for hydroxylation is 2. The fraction of sp³-hybridized carbons (Fsp3) is 0.450. The predicted molar refractivity (Wildman–Crippen MR) is 113 cm³/mol. The van der Waals surface area contributed by atoms with Crippen molar-refractivity contribution in [2.24, 2.45) is 0 Å². The van der Waals surface area contributed by atoms with E-state index in [2.05, 4.69) is 20.2 Å². The number of amides is 1. The zero-order chi connectivity index (χ0) is 19.4. The van der Waals surface area contributed by atoms with Crippen LogP contribution in [-0.2, 0) is 11.2 Å². The van der Waals surface area contributed by atoms with Gasteiger partial charge in [-0.3, -0.25) is 4.79 Å². The first-order chi connectivity index (χ1) is 13.0. The van der Waals surface area contributed by atoms with Crippen molar-refractivity contribution in [3.8, 4) is 0 Å². The zero-order valence-corrected chi connectivity index (χ0v) is 17.6. The Morgan fingerprint density at radius 3 is 2.52 bits per heavy atom. The van der Waals surface area contributed by atoms with Crippen LogP contribution in [0, 0.1) is 13.8 Å². The summed E-state index contributed by atoms with van der Waals surface area (Å²) >= 11 is 7.69. The standard InChI is InChI=1S/C20H25ClN4OS/c1-13-16(14(2)23-20(22-13)27-3)7-9-19(26)24-17-12-15(21)6-8-18(17)25-10-4-5-11-25/h6,8,12H,4-5,7,9-11H2,1-3H3,(H,24,26). The molecule has 0 aliphatic carbocycles. The number of nitrogens with one attached hydrogen (secondary N) is 1. The Kier molecular flexibility index (Phi) is 6.60. The Labute approximate surface area is 169 Å². The maximum absolute atomic E-state index is 12.6. The highest BCUT2D eigenvalue weighted by molar-refractivity contribution is 7.98. The van der Waals surface area contributed by atoms with Crippen LogP contribution in [0.2, 0.25) is 5.02 Å². The van der Waals surface area contributed by atoms with Crippen LogP contribution in [0.4, 0.5) is 11.4 Å². The van der Waals surface area contributed by atoms with Crippen molar-refractivity contribution in [1.29, 1.82) is 0 Å². The summed E-state index contributed by atoms with van der Waals surface area (Å²) in [5.74, 6) is -0.0227. The summed E-state index contributed by atoms with van der Waals surface area (Å²) in [4.78, 5) is 23.9. The molecule has 1 N–H and O–H groups in total. The van der Waals surface area contributed by atoms with Crippen molar-refractivity contribution >= 4 is 40.6 Å². The van der Waals surface area contributed by atoms with Gasteiger partial charge in [-0.25, -0.2) is 9.97 Å². The molecule has 1 fully saturated rings. The quantitative estimate of drug-likeness (QED) is 0.561. The summed E-state index contributed by atoms with van der Waals surface area (Å²) < 4.78 is 0. The zero-order valence-electron chi connectivity index (χ0n) is 16.0. The molecule has 1 amide bonds. The number of nitrogens with zero attached hydrogens (tertiary/aromatic N) is 3. The highest BCUT2D eigenvalue weighted by atomic mass is 35.5.